The summed E-state index contributed by atoms with van der Waals surface area (Å²) in [7, 11) is 0. The minimum absolute atomic E-state index is 0.0894. The second kappa shape index (κ2) is 5.18. The van der Waals surface area contributed by atoms with Crippen molar-refractivity contribution in [1.29, 1.82) is 0 Å². The van der Waals surface area contributed by atoms with E-state index in [-0.39, 0.29) is 30.4 Å². The first-order valence-electron chi connectivity index (χ1n) is 5.81. The third-order valence-electron chi connectivity index (χ3n) is 3.16. The number of hydrogen-bond acceptors (Lipinski definition) is 3. The van der Waals surface area contributed by atoms with E-state index < -0.39 is 5.97 Å². The first-order chi connectivity index (χ1) is 8.61. The van der Waals surface area contributed by atoms with Crippen molar-refractivity contribution in [2.24, 2.45) is 5.92 Å². The van der Waals surface area contributed by atoms with Crippen molar-refractivity contribution in [1.82, 2.24) is 4.90 Å². The summed E-state index contributed by atoms with van der Waals surface area (Å²) >= 11 is 0. The lowest BCUT2D eigenvalue weighted by atomic mass is 9.98. The summed E-state index contributed by atoms with van der Waals surface area (Å²) in [6.07, 6.45) is 0.0978. The molecule has 1 heterocycles. The Morgan fingerprint density at radius 3 is 2.56 bits per heavy atom. The molecule has 0 radical (unpaired) electrons. The van der Waals surface area contributed by atoms with Crippen LogP contribution < -0.4 is 0 Å². The Labute approximate surface area is 105 Å². The van der Waals surface area contributed by atoms with Gasteiger partial charge < -0.3 is 15.1 Å². The van der Waals surface area contributed by atoms with Crippen molar-refractivity contribution in [2.45, 2.75) is 6.42 Å². The molecule has 18 heavy (non-hydrogen) atoms. The van der Waals surface area contributed by atoms with E-state index in [1.54, 1.807) is 23.1 Å². The number of hydrogen-bond donors (Lipinski definition) is 2. The van der Waals surface area contributed by atoms with Crippen molar-refractivity contribution < 1.29 is 19.8 Å². The highest BCUT2D eigenvalue weighted by molar-refractivity contribution is 5.91. The van der Waals surface area contributed by atoms with Crippen molar-refractivity contribution in [3.63, 3.8) is 0 Å². The molecule has 0 atom stereocenters. The molecule has 0 aromatic heterocycles. The number of aromatic carboxylic acids is 1. The Kier molecular flexibility index (Phi) is 3.62. The van der Waals surface area contributed by atoms with Gasteiger partial charge in [-0.05, 0) is 11.6 Å². The van der Waals surface area contributed by atoms with Crippen LogP contribution >= 0.6 is 0 Å². The normalized spacial score (nSPS) is 15.3. The molecule has 0 aliphatic carbocycles. The van der Waals surface area contributed by atoms with Crippen molar-refractivity contribution in [3.05, 3.63) is 35.4 Å². The molecule has 5 heteroatoms. The zero-order valence-corrected chi connectivity index (χ0v) is 9.87. The Morgan fingerprint density at radius 1 is 1.28 bits per heavy atom. The van der Waals surface area contributed by atoms with Crippen LogP contribution in [0.25, 0.3) is 0 Å². The number of rotatable bonds is 4. The second-order valence-corrected chi connectivity index (χ2v) is 4.49. The number of carbonyl (C=O) groups is 2. The molecular formula is C13H15NO4. The smallest absolute Gasteiger partial charge is 0.335 e. The fourth-order valence-corrected chi connectivity index (χ4v) is 2.05. The number of carbonyl (C=O) groups excluding carboxylic acids is 1. The Morgan fingerprint density at radius 2 is 1.94 bits per heavy atom. The summed E-state index contributed by atoms with van der Waals surface area (Å²) in [5.74, 6) is -0.938. The Bertz CT molecular complexity index is 466. The van der Waals surface area contributed by atoms with Crippen molar-refractivity contribution in [3.8, 4) is 0 Å². The molecular weight excluding hydrogens is 234 g/mol. The average molecular weight is 249 g/mol. The highest BCUT2D eigenvalue weighted by Crippen LogP contribution is 2.17. The van der Waals surface area contributed by atoms with E-state index >= 15 is 0 Å². The fourth-order valence-electron chi connectivity index (χ4n) is 2.05. The molecule has 2 N–H and O–H groups in total. The summed E-state index contributed by atoms with van der Waals surface area (Å²) < 4.78 is 0. The van der Waals surface area contributed by atoms with Crippen LogP contribution in [-0.2, 0) is 11.2 Å². The molecule has 5 nitrogen and oxygen atoms in total. The molecule has 1 fully saturated rings. The SMILES string of the molecule is O=C(O)c1ccccc1CC(=O)N1CC(CO)C1. The summed E-state index contributed by atoms with van der Waals surface area (Å²) in [4.78, 5) is 24.5. The number of aliphatic hydroxyl groups is 1. The largest absolute Gasteiger partial charge is 0.478 e. The highest BCUT2D eigenvalue weighted by atomic mass is 16.4. The third-order valence-corrected chi connectivity index (χ3v) is 3.16. The topological polar surface area (TPSA) is 77.8 Å². The molecule has 0 spiro atoms. The average Bonchev–Trinajstić information content (AvgIpc) is 2.28. The zero-order valence-electron chi connectivity index (χ0n) is 9.87. The van der Waals surface area contributed by atoms with Crippen molar-refractivity contribution >= 4 is 11.9 Å². The monoisotopic (exact) mass is 249 g/mol. The molecule has 0 saturated carbocycles. The molecule has 1 aliphatic heterocycles. The molecule has 1 saturated heterocycles. The van der Waals surface area contributed by atoms with Gasteiger partial charge in [0.2, 0.25) is 5.91 Å². The lowest BCUT2D eigenvalue weighted by Crippen LogP contribution is -2.51. The van der Waals surface area contributed by atoms with Gasteiger partial charge in [0.15, 0.2) is 0 Å². The molecule has 0 unspecified atom stereocenters. The van der Waals surface area contributed by atoms with E-state index in [1.165, 1.54) is 6.07 Å². The van der Waals surface area contributed by atoms with Gasteiger partial charge in [0.25, 0.3) is 0 Å². The molecule has 1 aromatic rings. The molecule has 96 valence electrons. The van der Waals surface area contributed by atoms with Gasteiger partial charge in [-0.25, -0.2) is 4.79 Å². The van der Waals surface area contributed by atoms with Crippen LogP contribution in [0.4, 0.5) is 0 Å². The van der Waals surface area contributed by atoms with Crippen LogP contribution in [0, 0.1) is 5.92 Å². The predicted molar refractivity (Wildman–Crippen MR) is 64.3 cm³/mol. The fraction of sp³-hybridized carbons (Fsp3) is 0.385. The van der Waals surface area contributed by atoms with E-state index in [0.717, 1.165) is 0 Å². The number of amides is 1. The van der Waals surface area contributed by atoms with Crippen LogP contribution in [0.2, 0.25) is 0 Å². The number of aliphatic hydroxyl groups excluding tert-OH is 1. The minimum atomic E-state index is -1.02. The van der Waals surface area contributed by atoms with Gasteiger partial charge in [-0.2, -0.15) is 0 Å². The van der Waals surface area contributed by atoms with Crippen LogP contribution in [-0.4, -0.2) is 46.7 Å². The number of carboxylic acids is 1. The Balaban J connectivity index is 2.02. The summed E-state index contributed by atoms with van der Waals surface area (Å²) in [6, 6.07) is 6.52. The van der Waals surface area contributed by atoms with E-state index in [2.05, 4.69) is 0 Å². The summed E-state index contributed by atoms with van der Waals surface area (Å²) in [5, 5.41) is 17.9. The number of nitrogens with zero attached hydrogens (tertiary/aromatic N) is 1. The lowest BCUT2D eigenvalue weighted by molar-refractivity contribution is -0.137. The quantitative estimate of drug-likeness (QED) is 0.808. The minimum Gasteiger partial charge on any atom is -0.478 e. The number of likely N-dealkylation sites (tertiary alicyclic amines) is 1. The van der Waals surface area contributed by atoms with Crippen LogP contribution in [0.3, 0.4) is 0 Å². The van der Waals surface area contributed by atoms with Gasteiger partial charge >= 0.3 is 5.97 Å². The van der Waals surface area contributed by atoms with Crippen LogP contribution in [0.5, 0.6) is 0 Å². The van der Waals surface area contributed by atoms with E-state index in [4.69, 9.17) is 10.2 Å². The van der Waals surface area contributed by atoms with E-state index in [0.29, 0.717) is 18.7 Å². The molecule has 1 aromatic carbocycles. The van der Waals surface area contributed by atoms with E-state index in [9.17, 15) is 9.59 Å². The maximum absolute atomic E-state index is 11.9. The van der Waals surface area contributed by atoms with Gasteiger partial charge in [-0.15, -0.1) is 0 Å². The predicted octanol–water partition coefficient (Wildman–Crippen LogP) is 0.378. The van der Waals surface area contributed by atoms with Crippen LogP contribution in [0.15, 0.2) is 24.3 Å². The number of benzene rings is 1. The first kappa shape index (κ1) is 12.6. The van der Waals surface area contributed by atoms with Gasteiger partial charge in [-0.3, -0.25) is 4.79 Å². The molecule has 1 amide bonds. The van der Waals surface area contributed by atoms with Gasteiger partial charge in [0.1, 0.15) is 0 Å². The highest BCUT2D eigenvalue weighted by Gasteiger charge is 2.30. The van der Waals surface area contributed by atoms with Crippen molar-refractivity contribution in [2.75, 3.05) is 19.7 Å². The van der Waals surface area contributed by atoms with E-state index in [1.807, 2.05) is 0 Å². The van der Waals surface area contributed by atoms with Gasteiger partial charge in [-0.1, -0.05) is 18.2 Å². The Hall–Kier alpha value is -1.88. The summed E-state index contributed by atoms with van der Waals surface area (Å²) in [6.45, 7) is 1.21. The zero-order chi connectivity index (χ0) is 13.1. The van der Waals surface area contributed by atoms with Gasteiger partial charge in [0, 0.05) is 25.6 Å². The lowest BCUT2D eigenvalue weighted by Gasteiger charge is -2.38. The third kappa shape index (κ3) is 2.51. The molecule has 0 bridgehead atoms. The maximum atomic E-state index is 11.9. The standard InChI is InChI=1S/C13H15NO4/c15-8-9-6-14(7-9)12(16)5-10-3-1-2-4-11(10)13(17)18/h1-4,9,15H,5-8H2,(H,17,18). The first-order valence-corrected chi connectivity index (χ1v) is 5.81. The summed E-state index contributed by atoms with van der Waals surface area (Å²) in [5.41, 5.74) is 0.701. The van der Waals surface area contributed by atoms with Gasteiger partial charge in [0.05, 0.1) is 12.0 Å². The molecule has 1 aliphatic rings. The maximum Gasteiger partial charge on any atom is 0.335 e. The second-order valence-electron chi connectivity index (χ2n) is 4.49. The molecule has 2 rings (SSSR count). The van der Waals surface area contributed by atoms with Crippen LogP contribution in [0.1, 0.15) is 15.9 Å². The number of carboxylic acid groups (broad SMARTS) is 1.